The predicted octanol–water partition coefficient (Wildman–Crippen LogP) is 3.40. The van der Waals surface area contributed by atoms with Gasteiger partial charge in [0.15, 0.2) is 5.96 Å². The molecule has 1 aromatic heterocycles. The first-order chi connectivity index (χ1) is 14.3. The summed E-state index contributed by atoms with van der Waals surface area (Å²) < 4.78 is 0. The third-order valence-corrected chi connectivity index (χ3v) is 6.02. The average Bonchev–Trinajstić information content (AvgIpc) is 3.55. The maximum Gasteiger partial charge on any atom is 0.191 e. The molecule has 5 nitrogen and oxygen atoms in total. The van der Waals surface area contributed by atoms with Crippen molar-refractivity contribution in [3.63, 3.8) is 0 Å². The van der Waals surface area contributed by atoms with Crippen molar-refractivity contribution in [1.82, 2.24) is 20.5 Å². The molecule has 0 radical (unpaired) electrons. The minimum atomic E-state index is 0.497. The predicted molar refractivity (Wildman–Crippen MR) is 119 cm³/mol. The molecule has 1 aliphatic heterocycles. The highest BCUT2D eigenvalue weighted by molar-refractivity contribution is 5.80. The highest BCUT2D eigenvalue weighted by atomic mass is 15.2. The Balaban J connectivity index is 1.23. The van der Waals surface area contributed by atoms with E-state index in [9.17, 15) is 0 Å². The van der Waals surface area contributed by atoms with Crippen LogP contribution in [0.1, 0.15) is 43.4 Å². The van der Waals surface area contributed by atoms with Gasteiger partial charge in [-0.1, -0.05) is 36.4 Å². The fourth-order valence-electron chi connectivity index (χ4n) is 4.24. The second-order valence-electron chi connectivity index (χ2n) is 8.25. The number of nitrogens with one attached hydrogen (secondary N) is 2. The molecule has 2 N–H and O–H groups in total. The Bertz CT molecular complexity index is 768. The molecule has 0 spiro atoms. The quantitative estimate of drug-likeness (QED) is 0.561. The van der Waals surface area contributed by atoms with E-state index in [0.29, 0.717) is 17.9 Å². The summed E-state index contributed by atoms with van der Waals surface area (Å²) in [5.74, 6) is 2.36. The van der Waals surface area contributed by atoms with Crippen molar-refractivity contribution in [3.05, 3.63) is 66.0 Å². The number of aliphatic imine (C=N–C) groups is 1. The van der Waals surface area contributed by atoms with Gasteiger partial charge in [0, 0.05) is 45.0 Å². The zero-order valence-corrected chi connectivity index (χ0v) is 17.4. The number of piperidine rings is 1. The second kappa shape index (κ2) is 9.88. The molecule has 2 atom stereocenters. The van der Waals surface area contributed by atoms with Gasteiger partial charge in [0.1, 0.15) is 0 Å². The minimum absolute atomic E-state index is 0.497. The fourth-order valence-corrected chi connectivity index (χ4v) is 4.24. The SMILES string of the molecule is CCNC(=NCC1CC1c1ccccc1)NC1CCN(Cc2ccccn2)CC1. The highest BCUT2D eigenvalue weighted by Crippen LogP contribution is 2.47. The first-order valence-corrected chi connectivity index (χ1v) is 11.0. The summed E-state index contributed by atoms with van der Waals surface area (Å²) in [6.45, 7) is 7.10. The van der Waals surface area contributed by atoms with Crippen molar-refractivity contribution in [2.75, 3.05) is 26.2 Å². The summed E-state index contributed by atoms with van der Waals surface area (Å²) in [5, 5.41) is 7.11. The molecule has 2 unspecified atom stereocenters. The van der Waals surface area contributed by atoms with E-state index < -0.39 is 0 Å². The lowest BCUT2D eigenvalue weighted by atomic mass is 10.0. The van der Waals surface area contributed by atoms with Crippen molar-refractivity contribution in [3.8, 4) is 0 Å². The van der Waals surface area contributed by atoms with Gasteiger partial charge in [-0.05, 0) is 55.7 Å². The smallest absolute Gasteiger partial charge is 0.191 e. The van der Waals surface area contributed by atoms with Crippen LogP contribution in [0, 0.1) is 5.92 Å². The van der Waals surface area contributed by atoms with Crippen LogP contribution in [0.25, 0.3) is 0 Å². The number of benzene rings is 1. The zero-order chi connectivity index (χ0) is 19.9. The van der Waals surface area contributed by atoms with Gasteiger partial charge in [-0.25, -0.2) is 0 Å². The number of hydrogen-bond donors (Lipinski definition) is 2. The highest BCUT2D eigenvalue weighted by Gasteiger charge is 2.37. The number of pyridine rings is 1. The topological polar surface area (TPSA) is 52.6 Å². The Labute approximate surface area is 174 Å². The Kier molecular flexibility index (Phi) is 6.78. The molecule has 1 saturated heterocycles. The van der Waals surface area contributed by atoms with Crippen molar-refractivity contribution in [2.24, 2.45) is 10.9 Å². The number of hydrogen-bond acceptors (Lipinski definition) is 3. The standard InChI is InChI=1S/C24H33N5/c1-2-25-24(27-17-20-16-23(20)19-8-4-3-5-9-19)28-21-11-14-29(15-12-21)18-22-10-6-7-13-26-22/h3-10,13,20-21,23H,2,11-12,14-18H2,1H3,(H2,25,27,28). The van der Waals surface area contributed by atoms with Crippen LogP contribution in [-0.2, 0) is 6.54 Å². The van der Waals surface area contributed by atoms with Crippen LogP contribution in [0.3, 0.4) is 0 Å². The van der Waals surface area contributed by atoms with E-state index in [1.54, 1.807) is 0 Å². The molecule has 154 valence electrons. The van der Waals surface area contributed by atoms with Crippen LogP contribution in [0.4, 0.5) is 0 Å². The lowest BCUT2D eigenvalue weighted by molar-refractivity contribution is 0.196. The zero-order valence-electron chi connectivity index (χ0n) is 17.4. The van der Waals surface area contributed by atoms with E-state index in [2.05, 4.69) is 69.9 Å². The second-order valence-corrected chi connectivity index (χ2v) is 8.25. The maximum absolute atomic E-state index is 4.90. The van der Waals surface area contributed by atoms with Crippen LogP contribution >= 0.6 is 0 Å². The van der Waals surface area contributed by atoms with Gasteiger partial charge in [-0.3, -0.25) is 14.9 Å². The Morgan fingerprint density at radius 3 is 2.62 bits per heavy atom. The van der Waals surface area contributed by atoms with Gasteiger partial charge in [-0.15, -0.1) is 0 Å². The maximum atomic E-state index is 4.90. The van der Waals surface area contributed by atoms with E-state index >= 15 is 0 Å². The van der Waals surface area contributed by atoms with Gasteiger partial charge in [0.05, 0.1) is 5.69 Å². The summed E-state index contributed by atoms with van der Waals surface area (Å²) >= 11 is 0. The van der Waals surface area contributed by atoms with Crippen molar-refractivity contribution in [1.29, 1.82) is 0 Å². The molecule has 2 aliphatic rings. The van der Waals surface area contributed by atoms with Crippen LogP contribution in [0.5, 0.6) is 0 Å². The number of guanidine groups is 1. The molecular formula is C24H33N5. The molecule has 2 heterocycles. The summed E-state index contributed by atoms with van der Waals surface area (Å²) in [7, 11) is 0. The molecule has 2 aromatic rings. The molecule has 1 aliphatic carbocycles. The Hall–Kier alpha value is -2.40. The molecule has 1 saturated carbocycles. The summed E-state index contributed by atoms with van der Waals surface area (Å²) in [5.41, 5.74) is 2.62. The number of aromatic nitrogens is 1. The van der Waals surface area contributed by atoms with Crippen molar-refractivity contribution < 1.29 is 0 Å². The average molecular weight is 392 g/mol. The van der Waals surface area contributed by atoms with Crippen LogP contribution in [0.2, 0.25) is 0 Å². The third kappa shape index (κ3) is 5.80. The van der Waals surface area contributed by atoms with Crippen LogP contribution < -0.4 is 10.6 Å². The van der Waals surface area contributed by atoms with E-state index in [4.69, 9.17) is 4.99 Å². The number of likely N-dealkylation sites (tertiary alicyclic amines) is 1. The van der Waals surface area contributed by atoms with Gasteiger partial charge in [0.2, 0.25) is 0 Å². The van der Waals surface area contributed by atoms with E-state index in [1.165, 1.54) is 12.0 Å². The van der Waals surface area contributed by atoms with Crippen LogP contribution in [-0.4, -0.2) is 48.1 Å². The first-order valence-electron chi connectivity index (χ1n) is 11.0. The molecule has 29 heavy (non-hydrogen) atoms. The number of rotatable bonds is 7. The van der Waals surface area contributed by atoms with Gasteiger partial charge < -0.3 is 10.6 Å². The normalized spacial score (nSPS) is 23.0. The van der Waals surface area contributed by atoms with E-state index in [0.717, 1.165) is 57.2 Å². The Morgan fingerprint density at radius 2 is 1.90 bits per heavy atom. The van der Waals surface area contributed by atoms with Crippen molar-refractivity contribution in [2.45, 2.75) is 44.7 Å². The third-order valence-electron chi connectivity index (χ3n) is 6.02. The molecule has 4 rings (SSSR count). The monoisotopic (exact) mass is 391 g/mol. The molecule has 0 bridgehead atoms. The summed E-state index contributed by atoms with van der Waals surface area (Å²) in [4.78, 5) is 11.9. The first kappa shape index (κ1) is 19.9. The summed E-state index contributed by atoms with van der Waals surface area (Å²) in [6, 6.07) is 17.5. The lowest BCUT2D eigenvalue weighted by Gasteiger charge is -2.32. The van der Waals surface area contributed by atoms with Gasteiger partial charge in [-0.2, -0.15) is 0 Å². The lowest BCUT2D eigenvalue weighted by Crippen LogP contribution is -2.48. The number of nitrogens with zero attached hydrogens (tertiary/aromatic N) is 3. The van der Waals surface area contributed by atoms with Gasteiger partial charge >= 0.3 is 0 Å². The fraction of sp³-hybridized carbons (Fsp3) is 0.500. The van der Waals surface area contributed by atoms with E-state index in [1.807, 2.05) is 12.3 Å². The molecule has 1 aromatic carbocycles. The van der Waals surface area contributed by atoms with Gasteiger partial charge in [0.25, 0.3) is 0 Å². The molecule has 5 heteroatoms. The minimum Gasteiger partial charge on any atom is -0.357 e. The molecular weight excluding hydrogens is 358 g/mol. The Morgan fingerprint density at radius 1 is 1.10 bits per heavy atom. The van der Waals surface area contributed by atoms with E-state index in [-0.39, 0.29) is 0 Å². The molecule has 0 amide bonds. The van der Waals surface area contributed by atoms with Crippen LogP contribution in [0.15, 0.2) is 59.7 Å². The molecule has 2 fully saturated rings. The van der Waals surface area contributed by atoms with Crippen molar-refractivity contribution >= 4 is 5.96 Å². The summed E-state index contributed by atoms with van der Waals surface area (Å²) in [6.07, 6.45) is 5.43. The largest absolute Gasteiger partial charge is 0.357 e.